The molecule has 0 aliphatic carbocycles. The molecule has 162 valence electrons. The zero-order valence-electron chi connectivity index (χ0n) is 18.1. The second-order valence-electron chi connectivity index (χ2n) is 8.02. The molecule has 2 heterocycles. The normalized spacial score (nSPS) is 16.5. The lowest BCUT2D eigenvalue weighted by Gasteiger charge is -2.42. The zero-order valence-corrected chi connectivity index (χ0v) is 19.8. The third-order valence-corrected chi connectivity index (χ3v) is 7.05. The van der Waals surface area contributed by atoms with E-state index in [1.54, 1.807) is 0 Å². The van der Waals surface area contributed by atoms with Crippen molar-refractivity contribution in [3.8, 4) is 0 Å². The first-order valence-electron chi connectivity index (χ1n) is 10.8. The summed E-state index contributed by atoms with van der Waals surface area (Å²) in [4.78, 5) is 6.45. The number of hydrogen-bond donors (Lipinski definition) is 2. The van der Waals surface area contributed by atoms with Crippen LogP contribution in [-0.2, 0) is 0 Å². The quantitative estimate of drug-likeness (QED) is 0.498. The van der Waals surface area contributed by atoms with Gasteiger partial charge >= 0.3 is 0 Å². The number of rotatable bonds is 6. The number of thiophene rings is 1. The highest BCUT2D eigenvalue weighted by atomic mass is 32.1. The summed E-state index contributed by atoms with van der Waals surface area (Å²) >= 11 is 7.48. The van der Waals surface area contributed by atoms with Crippen molar-refractivity contribution in [1.82, 2.24) is 10.2 Å². The molecule has 0 spiro atoms. The molecule has 1 aromatic heterocycles. The SMILES string of the molecule is Cc1ccccc1NC(=S)N[C@@H](C)[C@H](c1cccs1)N1CCN(c2ccccc2)CC1. The van der Waals surface area contributed by atoms with Gasteiger partial charge in [-0.1, -0.05) is 42.5 Å². The van der Waals surface area contributed by atoms with Crippen LogP contribution in [0.3, 0.4) is 0 Å². The van der Waals surface area contributed by atoms with Crippen LogP contribution in [0.15, 0.2) is 72.1 Å². The minimum atomic E-state index is 0.186. The first-order valence-corrected chi connectivity index (χ1v) is 12.1. The van der Waals surface area contributed by atoms with Crippen LogP contribution in [0.5, 0.6) is 0 Å². The van der Waals surface area contributed by atoms with Crippen molar-refractivity contribution in [2.75, 3.05) is 36.4 Å². The van der Waals surface area contributed by atoms with E-state index in [2.05, 4.69) is 94.3 Å². The smallest absolute Gasteiger partial charge is 0.171 e. The van der Waals surface area contributed by atoms with Crippen LogP contribution in [0.25, 0.3) is 0 Å². The topological polar surface area (TPSA) is 30.5 Å². The summed E-state index contributed by atoms with van der Waals surface area (Å²) in [5.74, 6) is 0. The predicted molar refractivity (Wildman–Crippen MR) is 137 cm³/mol. The molecule has 3 aromatic rings. The summed E-state index contributed by atoms with van der Waals surface area (Å²) in [6.07, 6.45) is 0. The molecule has 0 radical (unpaired) electrons. The Balaban J connectivity index is 1.42. The number of anilines is 2. The highest BCUT2D eigenvalue weighted by molar-refractivity contribution is 7.80. The van der Waals surface area contributed by atoms with Gasteiger partial charge in [0, 0.05) is 48.5 Å². The maximum absolute atomic E-state index is 5.66. The van der Waals surface area contributed by atoms with E-state index in [-0.39, 0.29) is 12.1 Å². The Morgan fingerprint density at radius 1 is 0.935 bits per heavy atom. The average molecular weight is 451 g/mol. The molecule has 4 rings (SSSR count). The van der Waals surface area contributed by atoms with Gasteiger partial charge in [0.25, 0.3) is 0 Å². The van der Waals surface area contributed by atoms with Crippen molar-refractivity contribution in [3.05, 3.63) is 82.6 Å². The van der Waals surface area contributed by atoms with Crippen LogP contribution in [0.1, 0.15) is 23.4 Å². The minimum Gasteiger partial charge on any atom is -0.369 e. The van der Waals surface area contributed by atoms with Gasteiger partial charge < -0.3 is 15.5 Å². The van der Waals surface area contributed by atoms with E-state index in [4.69, 9.17) is 12.2 Å². The molecule has 6 heteroatoms. The van der Waals surface area contributed by atoms with E-state index in [1.165, 1.54) is 16.1 Å². The molecule has 1 aliphatic rings. The molecule has 1 saturated heterocycles. The van der Waals surface area contributed by atoms with E-state index in [0.29, 0.717) is 5.11 Å². The van der Waals surface area contributed by atoms with Gasteiger partial charge in [-0.05, 0) is 61.3 Å². The van der Waals surface area contributed by atoms with Crippen molar-refractivity contribution in [2.45, 2.75) is 25.9 Å². The summed E-state index contributed by atoms with van der Waals surface area (Å²) in [5, 5.41) is 9.76. The Kier molecular flexibility index (Phi) is 7.22. The van der Waals surface area contributed by atoms with Crippen LogP contribution in [0.2, 0.25) is 0 Å². The Bertz CT molecular complexity index is 966. The lowest BCUT2D eigenvalue weighted by atomic mass is 10.0. The lowest BCUT2D eigenvalue weighted by molar-refractivity contribution is 0.163. The standard InChI is InChI=1S/C25H30N4S2/c1-19-9-6-7-12-22(19)27-25(30)26-20(2)24(23-13-8-18-31-23)29-16-14-28(15-17-29)21-10-4-3-5-11-21/h3-13,18,20,24H,14-17H2,1-2H3,(H2,26,27,30)/t20-,24+/m0/s1. The zero-order chi connectivity index (χ0) is 21.6. The number of para-hydroxylation sites is 2. The Morgan fingerprint density at radius 2 is 1.65 bits per heavy atom. The van der Waals surface area contributed by atoms with Gasteiger partial charge in [-0.25, -0.2) is 0 Å². The molecule has 1 fully saturated rings. The Morgan fingerprint density at radius 3 is 2.32 bits per heavy atom. The van der Waals surface area contributed by atoms with Crippen molar-refractivity contribution in [2.24, 2.45) is 0 Å². The molecule has 0 unspecified atom stereocenters. The number of thiocarbonyl (C=S) groups is 1. The number of nitrogens with one attached hydrogen (secondary N) is 2. The summed E-state index contributed by atoms with van der Waals surface area (Å²) in [7, 11) is 0. The highest BCUT2D eigenvalue weighted by Gasteiger charge is 2.30. The Labute approximate surface area is 194 Å². The molecule has 31 heavy (non-hydrogen) atoms. The molecule has 2 N–H and O–H groups in total. The first kappa shape index (κ1) is 21.8. The fourth-order valence-electron chi connectivity index (χ4n) is 4.26. The van der Waals surface area contributed by atoms with Crippen molar-refractivity contribution in [1.29, 1.82) is 0 Å². The lowest BCUT2D eigenvalue weighted by Crippen LogP contribution is -2.52. The maximum Gasteiger partial charge on any atom is 0.171 e. The van der Waals surface area contributed by atoms with Gasteiger partial charge in [0.1, 0.15) is 0 Å². The largest absolute Gasteiger partial charge is 0.369 e. The van der Waals surface area contributed by atoms with E-state index < -0.39 is 0 Å². The number of hydrogen-bond acceptors (Lipinski definition) is 4. The summed E-state index contributed by atoms with van der Waals surface area (Å²) in [6, 6.07) is 23.8. The number of aryl methyl sites for hydroxylation is 1. The third kappa shape index (κ3) is 5.45. The monoisotopic (exact) mass is 450 g/mol. The maximum atomic E-state index is 5.66. The van der Waals surface area contributed by atoms with Crippen LogP contribution in [0.4, 0.5) is 11.4 Å². The molecule has 0 amide bonds. The summed E-state index contributed by atoms with van der Waals surface area (Å²) in [5.41, 5.74) is 3.55. The summed E-state index contributed by atoms with van der Waals surface area (Å²) < 4.78 is 0. The Hall–Kier alpha value is -2.41. The molecular formula is C25H30N4S2. The number of nitrogens with zero attached hydrogens (tertiary/aromatic N) is 2. The van der Waals surface area contributed by atoms with Gasteiger partial charge in [-0.3, -0.25) is 4.90 Å². The fraction of sp³-hybridized carbons (Fsp3) is 0.320. The molecule has 2 atom stereocenters. The molecule has 2 aromatic carbocycles. The van der Waals surface area contributed by atoms with Crippen molar-refractivity contribution in [3.63, 3.8) is 0 Å². The van der Waals surface area contributed by atoms with Crippen LogP contribution in [0, 0.1) is 6.92 Å². The molecule has 0 bridgehead atoms. The molecule has 0 saturated carbocycles. The first-order chi connectivity index (χ1) is 15.1. The number of piperazine rings is 1. The van der Waals surface area contributed by atoms with Gasteiger partial charge in [0.15, 0.2) is 5.11 Å². The highest BCUT2D eigenvalue weighted by Crippen LogP contribution is 2.30. The van der Waals surface area contributed by atoms with Gasteiger partial charge in [-0.15, -0.1) is 11.3 Å². The van der Waals surface area contributed by atoms with E-state index >= 15 is 0 Å². The fourth-order valence-corrected chi connectivity index (χ4v) is 5.52. The van der Waals surface area contributed by atoms with Crippen molar-refractivity contribution < 1.29 is 0 Å². The van der Waals surface area contributed by atoms with E-state index in [0.717, 1.165) is 31.9 Å². The summed E-state index contributed by atoms with van der Waals surface area (Å²) in [6.45, 7) is 8.45. The van der Waals surface area contributed by atoms with Crippen LogP contribution >= 0.6 is 23.6 Å². The molecule has 4 nitrogen and oxygen atoms in total. The van der Waals surface area contributed by atoms with Gasteiger partial charge in [0.05, 0.1) is 6.04 Å². The van der Waals surface area contributed by atoms with Gasteiger partial charge in [-0.2, -0.15) is 0 Å². The van der Waals surface area contributed by atoms with Crippen LogP contribution < -0.4 is 15.5 Å². The van der Waals surface area contributed by atoms with Gasteiger partial charge in [0.2, 0.25) is 0 Å². The van der Waals surface area contributed by atoms with Crippen LogP contribution in [-0.4, -0.2) is 42.2 Å². The molecular weight excluding hydrogens is 420 g/mol. The second kappa shape index (κ2) is 10.3. The van der Waals surface area contributed by atoms with E-state index in [9.17, 15) is 0 Å². The molecule has 1 aliphatic heterocycles. The number of benzene rings is 2. The second-order valence-corrected chi connectivity index (χ2v) is 9.41. The van der Waals surface area contributed by atoms with Crippen molar-refractivity contribution >= 4 is 40.0 Å². The minimum absolute atomic E-state index is 0.186. The average Bonchev–Trinajstić information content (AvgIpc) is 3.31. The van der Waals surface area contributed by atoms with E-state index in [1.807, 2.05) is 23.5 Å². The third-order valence-electron chi connectivity index (χ3n) is 5.89. The predicted octanol–water partition coefficient (Wildman–Crippen LogP) is 5.29.